The number of thiazole rings is 1. The number of anilines is 1. The number of nitrogens with zero attached hydrogens (tertiary/aromatic N) is 3. The summed E-state index contributed by atoms with van der Waals surface area (Å²) in [5.74, 6) is 0.567. The van der Waals surface area contributed by atoms with Gasteiger partial charge in [-0.15, -0.1) is 11.3 Å². The van der Waals surface area contributed by atoms with Crippen LogP contribution in [0.15, 0.2) is 17.5 Å². The van der Waals surface area contributed by atoms with Gasteiger partial charge in [0.05, 0.1) is 26.9 Å². The first-order chi connectivity index (χ1) is 14.9. The van der Waals surface area contributed by atoms with Gasteiger partial charge in [-0.2, -0.15) is 0 Å². The van der Waals surface area contributed by atoms with Gasteiger partial charge >= 0.3 is 0 Å². The number of carbonyl (C=O) groups excluding carboxylic acids is 2. The number of hydrogen-bond acceptors (Lipinski definition) is 8. The van der Waals surface area contributed by atoms with Crippen molar-refractivity contribution in [2.75, 3.05) is 59.9 Å². The molecule has 10 heteroatoms. The Labute approximate surface area is 186 Å². The first kappa shape index (κ1) is 24.4. The highest BCUT2D eigenvalue weighted by Gasteiger charge is 2.21. The molecule has 1 N–H and O–H groups in total. The Morgan fingerprint density at radius 1 is 1.00 bits per heavy atom. The van der Waals surface area contributed by atoms with Crippen molar-refractivity contribution in [1.82, 2.24) is 14.8 Å². The van der Waals surface area contributed by atoms with Crippen LogP contribution < -0.4 is 19.5 Å². The highest BCUT2D eigenvalue weighted by molar-refractivity contribution is 7.14. The maximum absolute atomic E-state index is 12.8. The molecule has 0 saturated heterocycles. The fraction of sp³-hybridized carbons (Fsp3) is 0.476. The molecule has 170 valence electrons. The van der Waals surface area contributed by atoms with E-state index in [4.69, 9.17) is 14.2 Å². The number of hydrogen-bond donors (Lipinski definition) is 1. The van der Waals surface area contributed by atoms with E-state index < -0.39 is 5.91 Å². The predicted octanol–water partition coefficient (Wildman–Crippen LogP) is 2.84. The zero-order valence-electron chi connectivity index (χ0n) is 18.9. The summed E-state index contributed by atoms with van der Waals surface area (Å²) in [6.45, 7) is 7.45. The first-order valence-corrected chi connectivity index (χ1v) is 10.8. The molecule has 31 heavy (non-hydrogen) atoms. The van der Waals surface area contributed by atoms with Crippen molar-refractivity contribution >= 4 is 28.3 Å². The SMILES string of the molecule is CCN(CC)CCN(C)C(=O)c1csc(NC(=O)c2cc(OC)c(OC)cc2OC)n1. The largest absolute Gasteiger partial charge is 0.496 e. The van der Waals surface area contributed by atoms with Crippen LogP contribution in [0, 0.1) is 0 Å². The normalized spacial score (nSPS) is 10.7. The lowest BCUT2D eigenvalue weighted by atomic mass is 10.1. The number of amides is 2. The van der Waals surface area contributed by atoms with E-state index in [0.717, 1.165) is 19.6 Å². The summed E-state index contributed by atoms with van der Waals surface area (Å²) in [6.07, 6.45) is 0. The first-order valence-electron chi connectivity index (χ1n) is 9.93. The predicted molar refractivity (Wildman–Crippen MR) is 121 cm³/mol. The minimum atomic E-state index is -0.430. The lowest BCUT2D eigenvalue weighted by Crippen LogP contribution is -2.36. The Hall–Kier alpha value is -2.85. The number of carbonyl (C=O) groups is 2. The van der Waals surface area contributed by atoms with Gasteiger partial charge in [-0.3, -0.25) is 14.9 Å². The summed E-state index contributed by atoms with van der Waals surface area (Å²) in [4.78, 5) is 33.6. The number of aromatic nitrogens is 1. The Kier molecular flexibility index (Phi) is 9.07. The van der Waals surface area contributed by atoms with E-state index in [9.17, 15) is 9.59 Å². The van der Waals surface area contributed by atoms with Crippen molar-refractivity contribution in [3.8, 4) is 17.2 Å². The van der Waals surface area contributed by atoms with E-state index >= 15 is 0 Å². The lowest BCUT2D eigenvalue weighted by Gasteiger charge is -2.22. The number of benzene rings is 1. The fourth-order valence-electron chi connectivity index (χ4n) is 2.93. The van der Waals surface area contributed by atoms with Gasteiger partial charge in [-0.05, 0) is 13.1 Å². The molecular weight excluding hydrogens is 420 g/mol. The van der Waals surface area contributed by atoms with Gasteiger partial charge in [0.25, 0.3) is 11.8 Å². The zero-order chi connectivity index (χ0) is 23.0. The van der Waals surface area contributed by atoms with Crippen LogP contribution in [0.25, 0.3) is 0 Å². The van der Waals surface area contributed by atoms with Crippen LogP contribution in [0.5, 0.6) is 17.2 Å². The Morgan fingerprint density at radius 2 is 1.61 bits per heavy atom. The van der Waals surface area contributed by atoms with Gasteiger partial charge in [0.1, 0.15) is 11.4 Å². The van der Waals surface area contributed by atoms with Gasteiger partial charge in [-0.1, -0.05) is 13.8 Å². The second-order valence-corrected chi connectivity index (χ2v) is 7.51. The topological polar surface area (TPSA) is 93.2 Å². The van der Waals surface area contributed by atoms with Crippen LogP contribution in [0.1, 0.15) is 34.7 Å². The molecule has 1 heterocycles. The van der Waals surface area contributed by atoms with Gasteiger partial charge in [0.15, 0.2) is 16.6 Å². The van der Waals surface area contributed by atoms with Gasteiger partial charge in [-0.25, -0.2) is 4.98 Å². The molecule has 0 radical (unpaired) electrons. The zero-order valence-corrected chi connectivity index (χ0v) is 19.7. The third kappa shape index (κ3) is 6.08. The van der Waals surface area contributed by atoms with E-state index in [1.54, 1.807) is 23.4 Å². The number of methoxy groups -OCH3 is 3. The molecule has 2 aromatic rings. The second-order valence-electron chi connectivity index (χ2n) is 6.65. The van der Waals surface area contributed by atoms with Crippen molar-refractivity contribution < 1.29 is 23.8 Å². The highest BCUT2D eigenvalue weighted by Crippen LogP contribution is 2.35. The van der Waals surface area contributed by atoms with Gasteiger partial charge in [0.2, 0.25) is 0 Å². The molecule has 0 aliphatic carbocycles. The Bertz CT molecular complexity index is 898. The molecule has 2 amide bonds. The molecule has 0 unspecified atom stereocenters. The van der Waals surface area contributed by atoms with Crippen LogP contribution in [-0.4, -0.2) is 81.2 Å². The molecule has 0 saturated carbocycles. The molecular formula is C21H30N4O5S. The minimum absolute atomic E-state index is 0.187. The maximum Gasteiger partial charge on any atom is 0.273 e. The molecule has 1 aromatic carbocycles. The third-order valence-corrected chi connectivity index (χ3v) is 5.64. The quantitative estimate of drug-likeness (QED) is 0.563. The third-order valence-electron chi connectivity index (χ3n) is 4.89. The summed E-state index contributed by atoms with van der Waals surface area (Å²) >= 11 is 1.19. The van der Waals surface area contributed by atoms with Gasteiger partial charge < -0.3 is 24.0 Å². The molecule has 0 aliphatic rings. The van der Waals surface area contributed by atoms with Crippen molar-refractivity contribution in [2.24, 2.45) is 0 Å². The van der Waals surface area contributed by atoms with Crippen molar-refractivity contribution in [3.05, 3.63) is 28.8 Å². The van der Waals surface area contributed by atoms with Crippen LogP contribution in [0.3, 0.4) is 0 Å². The lowest BCUT2D eigenvalue weighted by molar-refractivity contribution is 0.0774. The summed E-state index contributed by atoms with van der Waals surface area (Å²) < 4.78 is 15.8. The average Bonchev–Trinajstić information content (AvgIpc) is 3.26. The van der Waals surface area contributed by atoms with Gasteiger partial charge in [0, 0.05) is 37.6 Å². The highest BCUT2D eigenvalue weighted by atomic mass is 32.1. The van der Waals surface area contributed by atoms with E-state index in [0.29, 0.717) is 34.6 Å². The van der Waals surface area contributed by atoms with Crippen LogP contribution in [0.4, 0.5) is 5.13 Å². The molecule has 9 nitrogen and oxygen atoms in total. The van der Waals surface area contributed by atoms with E-state index in [1.165, 1.54) is 38.7 Å². The fourth-order valence-corrected chi connectivity index (χ4v) is 3.61. The molecule has 0 atom stereocenters. The van der Waals surface area contributed by atoms with Crippen molar-refractivity contribution in [1.29, 1.82) is 0 Å². The Morgan fingerprint density at radius 3 is 2.19 bits per heavy atom. The Balaban J connectivity index is 2.10. The minimum Gasteiger partial charge on any atom is -0.496 e. The van der Waals surface area contributed by atoms with Crippen LogP contribution in [0.2, 0.25) is 0 Å². The maximum atomic E-state index is 12.8. The van der Waals surface area contributed by atoms with Crippen molar-refractivity contribution in [3.63, 3.8) is 0 Å². The molecule has 0 bridgehead atoms. The molecule has 0 aliphatic heterocycles. The van der Waals surface area contributed by atoms with E-state index in [1.807, 2.05) is 0 Å². The molecule has 2 rings (SSSR count). The van der Waals surface area contributed by atoms with Crippen LogP contribution >= 0.6 is 11.3 Å². The standard InChI is InChI=1S/C21H30N4O5S/c1-7-25(8-2)10-9-24(3)20(27)15-13-31-21(22-15)23-19(26)14-11-17(29-5)18(30-6)12-16(14)28-4/h11-13H,7-10H2,1-6H3,(H,22,23,26). The van der Waals surface area contributed by atoms with Crippen LogP contribution in [-0.2, 0) is 0 Å². The summed E-state index contributed by atoms with van der Waals surface area (Å²) in [6, 6.07) is 3.11. The smallest absolute Gasteiger partial charge is 0.273 e. The second kappa shape index (κ2) is 11.5. The average molecular weight is 451 g/mol. The molecule has 1 aromatic heterocycles. The monoisotopic (exact) mass is 450 g/mol. The summed E-state index contributed by atoms with van der Waals surface area (Å²) in [5.41, 5.74) is 0.557. The summed E-state index contributed by atoms with van der Waals surface area (Å²) in [7, 11) is 6.20. The number of likely N-dealkylation sites (N-methyl/N-ethyl adjacent to an activating group) is 2. The van der Waals surface area contributed by atoms with E-state index in [2.05, 4.69) is 29.0 Å². The van der Waals surface area contributed by atoms with Crippen molar-refractivity contribution in [2.45, 2.75) is 13.8 Å². The summed E-state index contributed by atoms with van der Waals surface area (Å²) in [5, 5.41) is 4.68. The molecule has 0 spiro atoms. The number of nitrogens with one attached hydrogen (secondary N) is 1. The van der Waals surface area contributed by atoms with E-state index in [-0.39, 0.29) is 11.5 Å². The number of ether oxygens (including phenoxy) is 3. The number of rotatable bonds is 11. The molecule has 0 fully saturated rings.